The number of rotatable bonds is 4. The predicted molar refractivity (Wildman–Crippen MR) is 98.0 cm³/mol. The van der Waals surface area contributed by atoms with Gasteiger partial charge >= 0.3 is 11.9 Å². The molecule has 6 unspecified atom stereocenters. The summed E-state index contributed by atoms with van der Waals surface area (Å²) in [7, 11) is 0. The molecule has 4 rings (SSSR count). The molecule has 0 aromatic heterocycles. The second-order valence-corrected chi connectivity index (χ2v) is 9.82. The first-order valence-corrected chi connectivity index (χ1v) is 9.97. The largest absolute Gasteiger partial charge is 0.461 e. The molecule has 2 fully saturated rings. The quantitative estimate of drug-likeness (QED) is 0.432. The molecule has 4 heteroatoms. The van der Waals surface area contributed by atoms with E-state index in [0.29, 0.717) is 23.7 Å². The number of carbonyl (C=O) groups excluding carboxylic acids is 2. The van der Waals surface area contributed by atoms with E-state index in [1.165, 1.54) is 0 Å². The van der Waals surface area contributed by atoms with Gasteiger partial charge in [0.25, 0.3) is 0 Å². The van der Waals surface area contributed by atoms with E-state index < -0.39 is 22.8 Å². The molecule has 26 heavy (non-hydrogen) atoms. The van der Waals surface area contributed by atoms with Crippen LogP contribution in [0.15, 0.2) is 24.3 Å². The summed E-state index contributed by atoms with van der Waals surface area (Å²) < 4.78 is 11.8. The third-order valence-electron chi connectivity index (χ3n) is 7.27. The van der Waals surface area contributed by atoms with Gasteiger partial charge in [0, 0.05) is 11.8 Å². The predicted octanol–water partition coefficient (Wildman–Crippen LogP) is 4.05. The molecule has 6 atom stereocenters. The van der Waals surface area contributed by atoms with E-state index >= 15 is 0 Å². The van der Waals surface area contributed by atoms with E-state index in [0.717, 1.165) is 25.7 Å². The van der Waals surface area contributed by atoms with E-state index in [-0.39, 0.29) is 12.2 Å². The van der Waals surface area contributed by atoms with Crippen LogP contribution < -0.4 is 0 Å². The first-order chi connectivity index (χ1) is 12.2. The molecule has 0 radical (unpaired) electrons. The van der Waals surface area contributed by atoms with Crippen molar-refractivity contribution < 1.29 is 19.1 Å². The maximum atomic E-state index is 13.2. The van der Waals surface area contributed by atoms with Crippen molar-refractivity contribution in [3.63, 3.8) is 0 Å². The second-order valence-electron chi connectivity index (χ2n) is 9.82. The number of hydrogen-bond acceptors (Lipinski definition) is 4. The van der Waals surface area contributed by atoms with Crippen LogP contribution in [0.1, 0.15) is 53.4 Å². The van der Waals surface area contributed by atoms with Crippen LogP contribution >= 0.6 is 0 Å². The monoisotopic (exact) mass is 358 g/mol. The van der Waals surface area contributed by atoms with Crippen LogP contribution in [0.4, 0.5) is 0 Å². The van der Waals surface area contributed by atoms with Crippen LogP contribution in [0.3, 0.4) is 0 Å². The van der Waals surface area contributed by atoms with Crippen molar-refractivity contribution in [1.29, 1.82) is 0 Å². The van der Waals surface area contributed by atoms with Crippen LogP contribution in [0.5, 0.6) is 0 Å². The molecule has 0 N–H and O–H groups in total. The zero-order chi connectivity index (χ0) is 18.7. The third-order valence-corrected chi connectivity index (χ3v) is 7.27. The number of ether oxygens (including phenoxy) is 2. The maximum absolute atomic E-state index is 13.2. The number of fused-ring (bicyclic) bond motifs is 4. The van der Waals surface area contributed by atoms with E-state index in [1.807, 2.05) is 20.8 Å². The number of carbonyl (C=O) groups is 2. The first kappa shape index (κ1) is 17.8. The minimum atomic E-state index is -1.30. The Morgan fingerprint density at radius 2 is 1.15 bits per heavy atom. The summed E-state index contributed by atoms with van der Waals surface area (Å²) in [5, 5.41) is 0. The van der Waals surface area contributed by atoms with Crippen molar-refractivity contribution in [3.05, 3.63) is 24.3 Å². The van der Waals surface area contributed by atoms with Crippen molar-refractivity contribution in [1.82, 2.24) is 0 Å². The second kappa shape index (κ2) is 5.97. The summed E-state index contributed by atoms with van der Waals surface area (Å²) in [5.41, 5.74) is -1.88. The molecule has 0 aliphatic heterocycles. The van der Waals surface area contributed by atoms with Crippen LogP contribution in [0, 0.1) is 34.5 Å². The fourth-order valence-electron chi connectivity index (χ4n) is 4.94. The lowest BCUT2D eigenvalue weighted by molar-refractivity contribution is -0.187. The Kier molecular flexibility index (Phi) is 4.09. The standard InChI is InChI=1S/C22H30O4/c1-21(2,3)22(4,19(23)25-17-11-13-5-7-15(17)9-13)20(24)26-18-12-14-6-8-16(18)10-14/h5-8,13-18H,9-12H2,1-4H3. The van der Waals surface area contributed by atoms with Crippen molar-refractivity contribution in [2.24, 2.45) is 34.5 Å². The summed E-state index contributed by atoms with van der Waals surface area (Å²) in [6, 6.07) is 0. The summed E-state index contributed by atoms with van der Waals surface area (Å²) in [5.74, 6) is 0.789. The van der Waals surface area contributed by atoms with Gasteiger partial charge in [-0.05, 0) is 49.9 Å². The molecule has 0 aromatic carbocycles. The number of esters is 2. The Morgan fingerprint density at radius 1 is 0.731 bits per heavy atom. The molecular formula is C22H30O4. The van der Waals surface area contributed by atoms with Gasteiger partial charge in [-0.25, -0.2) is 0 Å². The minimum absolute atomic E-state index is 0.0996. The van der Waals surface area contributed by atoms with Gasteiger partial charge in [0.05, 0.1) is 0 Å². The maximum Gasteiger partial charge on any atom is 0.324 e. The number of allylic oxidation sites excluding steroid dienone is 2. The molecular weight excluding hydrogens is 328 g/mol. The van der Waals surface area contributed by atoms with Gasteiger partial charge in [0.15, 0.2) is 5.41 Å². The Bertz CT molecular complexity index is 620. The van der Waals surface area contributed by atoms with E-state index in [9.17, 15) is 9.59 Å². The zero-order valence-electron chi connectivity index (χ0n) is 16.2. The van der Waals surface area contributed by atoms with Gasteiger partial charge in [0.2, 0.25) is 0 Å². The van der Waals surface area contributed by atoms with E-state index in [2.05, 4.69) is 24.3 Å². The first-order valence-electron chi connectivity index (χ1n) is 9.97. The highest BCUT2D eigenvalue weighted by molar-refractivity contribution is 6.00. The van der Waals surface area contributed by atoms with Gasteiger partial charge in [-0.2, -0.15) is 0 Å². The zero-order valence-corrected chi connectivity index (χ0v) is 16.2. The highest BCUT2D eigenvalue weighted by Crippen LogP contribution is 2.47. The highest BCUT2D eigenvalue weighted by Gasteiger charge is 2.56. The fourth-order valence-corrected chi connectivity index (χ4v) is 4.94. The van der Waals surface area contributed by atoms with Gasteiger partial charge in [-0.3, -0.25) is 9.59 Å². The highest BCUT2D eigenvalue weighted by atomic mass is 16.6. The summed E-state index contributed by atoms with van der Waals surface area (Å²) >= 11 is 0. The van der Waals surface area contributed by atoms with Crippen LogP contribution in [0.2, 0.25) is 0 Å². The Hall–Kier alpha value is -1.58. The summed E-state index contributed by atoms with van der Waals surface area (Å²) in [4.78, 5) is 26.3. The third kappa shape index (κ3) is 2.73. The van der Waals surface area contributed by atoms with E-state index in [4.69, 9.17) is 9.47 Å². The average Bonchev–Trinajstić information content (AvgIpc) is 3.33. The lowest BCUT2D eigenvalue weighted by atomic mass is 9.67. The van der Waals surface area contributed by atoms with Crippen LogP contribution in [0.25, 0.3) is 0 Å². The average molecular weight is 358 g/mol. The minimum Gasteiger partial charge on any atom is -0.461 e. The van der Waals surface area contributed by atoms with Crippen molar-refractivity contribution in [3.8, 4) is 0 Å². The fraction of sp³-hybridized carbons (Fsp3) is 0.727. The summed E-state index contributed by atoms with van der Waals surface area (Å²) in [6.07, 6.45) is 12.4. The lowest BCUT2D eigenvalue weighted by Gasteiger charge is -2.39. The molecule has 0 amide bonds. The molecule has 0 spiro atoms. The Balaban J connectivity index is 1.49. The van der Waals surface area contributed by atoms with E-state index in [1.54, 1.807) is 6.92 Å². The molecule has 4 nitrogen and oxygen atoms in total. The van der Waals surface area contributed by atoms with Gasteiger partial charge in [-0.1, -0.05) is 45.1 Å². The Labute approximate surface area is 156 Å². The van der Waals surface area contributed by atoms with Crippen LogP contribution in [-0.4, -0.2) is 24.1 Å². The molecule has 0 heterocycles. The van der Waals surface area contributed by atoms with Crippen molar-refractivity contribution >= 4 is 11.9 Å². The smallest absolute Gasteiger partial charge is 0.324 e. The van der Waals surface area contributed by atoms with Gasteiger partial charge in [-0.15, -0.1) is 0 Å². The SMILES string of the molecule is CC(C)(C)C(C)(C(=O)OC1CC2C=CC1C2)C(=O)OC1CC2C=CC1C2. The summed E-state index contributed by atoms with van der Waals surface area (Å²) in [6.45, 7) is 7.44. The molecule has 4 aliphatic carbocycles. The molecule has 4 aliphatic rings. The van der Waals surface area contributed by atoms with Gasteiger partial charge < -0.3 is 9.47 Å². The van der Waals surface area contributed by atoms with Crippen molar-refractivity contribution in [2.75, 3.05) is 0 Å². The topological polar surface area (TPSA) is 52.6 Å². The molecule has 0 aromatic rings. The van der Waals surface area contributed by atoms with Crippen LogP contribution in [-0.2, 0) is 19.1 Å². The molecule has 0 saturated heterocycles. The van der Waals surface area contributed by atoms with Crippen molar-refractivity contribution in [2.45, 2.75) is 65.6 Å². The lowest BCUT2D eigenvalue weighted by Crippen LogP contribution is -2.51. The molecule has 2 saturated carbocycles. The Morgan fingerprint density at radius 3 is 1.42 bits per heavy atom. The van der Waals surface area contributed by atoms with Gasteiger partial charge in [0.1, 0.15) is 12.2 Å². The normalized spacial score (nSPS) is 39.2. The molecule has 4 bridgehead atoms. The molecule has 142 valence electrons. The number of hydrogen-bond donors (Lipinski definition) is 0.